The second-order valence-corrected chi connectivity index (χ2v) is 6.06. The third kappa shape index (κ3) is 3.10. The molecule has 6 nitrogen and oxygen atoms in total. The van der Waals surface area contributed by atoms with Crippen LogP contribution in [0.2, 0.25) is 0 Å². The summed E-state index contributed by atoms with van der Waals surface area (Å²) >= 11 is 0. The maximum atomic E-state index is 12.1. The molecular weight excluding hydrogens is 316 g/mol. The van der Waals surface area contributed by atoms with Crippen LogP contribution < -0.4 is 15.8 Å². The smallest absolute Gasteiger partial charge is 0.258 e. The van der Waals surface area contributed by atoms with Crippen LogP contribution in [0.1, 0.15) is 18.5 Å². The standard InChI is InChI=1S/C19H18N4O2/c24-18-5-3-11-22(18)16-8-6-14(7-9-16)20-13-15-12-19(25)23-10-2-1-4-17(23)21-15/h1-2,4,6-10,12,20H,3,5,11,13H2. The van der Waals surface area contributed by atoms with Crippen molar-refractivity contribution >= 4 is 22.9 Å². The second-order valence-electron chi connectivity index (χ2n) is 6.06. The first kappa shape index (κ1) is 15.4. The predicted molar refractivity (Wildman–Crippen MR) is 96.8 cm³/mol. The van der Waals surface area contributed by atoms with Crippen LogP contribution in [-0.2, 0) is 11.3 Å². The molecule has 4 rings (SSSR count). The van der Waals surface area contributed by atoms with E-state index in [1.165, 1.54) is 10.5 Å². The van der Waals surface area contributed by atoms with Gasteiger partial charge in [0, 0.05) is 36.6 Å². The lowest BCUT2D eigenvalue weighted by Gasteiger charge is -2.16. The Hall–Kier alpha value is -3.15. The fourth-order valence-electron chi connectivity index (χ4n) is 3.07. The molecular formula is C19H18N4O2. The van der Waals surface area contributed by atoms with Gasteiger partial charge in [0.05, 0.1) is 12.2 Å². The number of carbonyl (C=O) groups excluding carboxylic acids is 1. The van der Waals surface area contributed by atoms with Crippen LogP contribution in [0.25, 0.3) is 5.65 Å². The van der Waals surface area contributed by atoms with Gasteiger partial charge in [-0.15, -0.1) is 0 Å². The van der Waals surface area contributed by atoms with E-state index in [4.69, 9.17) is 0 Å². The van der Waals surface area contributed by atoms with Crippen molar-refractivity contribution in [3.8, 4) is 0 Å². The number of pyridine rings is 1. The summed E-state index contributed by atoms with van der Waals surface area (Å²) in [5, 5.41) is 3.27. The number of hydrogen-bond donors (Lipinski definition) is 1. The molecule has 126 valence electrons. The van der Waals surface area contributed by atoms with E-state index >= 15 is 0 Å². The monoisotopic (exact) mass is 334 g/mol. The molecule has 0 aliphatic carbocycles. The van der Waals surface area contributed by atoms with Gasteiger partial charge >= 0.3 is 0 Å². The maximum Gasteiger partial charge on any atom is 0.258 e. The van der Waals surface area contributed by atoms with Crippen molar-refractivity contribution in [1.82, 2.24) is 9.38 Å². The summed E-state index contributed by atoms with van der Waals surface area (Å²) in [6.07, 6.45) is 3.26. The molecule has 0 bridgehead atoms. The number of fused-ring (bicyclic) bond motifs is 1. The average molecular weight is 334 g/mol. The van der Waals surface area contributed by atoms with Crippen LogP contribution in [0.4, 0.5) is 11.4 Å². The molecule has 1 aromatic carbocycles. The normalized spacial score (nSPS) is 14.2. The zero-order chi connectivity index (χ0) is 17.2. The molecule has 0 atom stereocenters. The third-order valence-corrected chi connectivity index (χ3v) is 4.35. The molecule has 1 amide bonds. The summed E-state index contributed by atoms with van der Waals surface area (Å²) in [5.41, 5.74) is 3.08. The number of benzene rings is 1. The molecule has 0 spiro atoms. The van der Waals surface area contributed by atoms with Crippen LogP contribution in [0, 0.1) is 0 Å². The molecule has 3 heterocycles. The Kier molecular flexibility index (Phi) is 3.93. The van der Waals surface area contributed by atoms with E-state index in [-0.39, 0.29) is 11.5 Å². The van der Waals surface area contributed by atoms with Gasteiger partial charge in [-0.25, -0.2) is 4.98 Å². The number of rotatable bonds is 4. The van der Waals surface area contributed by atoms with Gasteiger partial charge in [-0.2, -0.15) is 0 Å². The number of anilines is 2. The Morgan fingerprint density at radius 1 is 1.08 bits per heavy atom. The predicted octanol–water partition coefficient (Wildman–Crippen LogP) is 2.43. The fraction of sp³-hybridized carbons (Fsp3) is 0.211. The first-order chi connectivity index (χ1) is 12.2. The third-order valence-electron chi connectivity index (χ3n) is 4.35. The van der Waals surface area contributed by atoms with E-state index in [1.807, 2.05) is 41.3 Å². The van der Waals surface area contributed by atoms with E-state index < -0.39 is 0 Å². The molecule has 1 aliphatic rings. The highest BCUT2D eigenvalue weighted by Gasteiger charge is 2.21. The van der Waals surface area contributed by atoms with Gasteiger partial charge in [0.1, 0.15) is 5.65 Å². The Morgan fingerprint density at radius 2 is 1.92 bits per heavy atom. The summed E-state index contributed by atoms with van der Waals surface area (Å²) in [6.45, 7) is 1.25. The van der Waals surface area contributed by atoms with Crippen LogP contribution >= 0.6 is 0 Å². The van der Waals surface area contributed by atoms with Gasteiger partial charge in [-0.1, -0.05) is 6.07 Å². The van der Waals surface area contributed by atoms with Gasteiger partial charge in [0.2, 0.25) is 5.91 Å². The molecule has 3 aromatic rings. The Bertz CT molecular complexity index is 979. The Morgan fingerprint density at radius 3 is 2.68 bits per heavy atom. The van der Waals surface area contributed by atoms with Gasteiger partial charge in [0.25, 0.3) is 5.56 Å². The molecule has 1 saturated heterocycles. The minimum absolute atomic E-state index is 0.0923. The molecule has 0 unspecified atom stereocenters. The van der Waals surface area contributed by atoms with Crippen LogP contribution in [0.15, 0.2) is 59.5 Å². The van der Waals surface area contributed by atoms with E-state index in [0.717, 1.165) is 24.3 Å². The summed E-state index contributed by atoms with van der Waals surface area (Å²) in [5.74, 6) is 0.182. The van der Waals surface area contributed by atoms with Gasteiger partial charge < -0.3 is 10.2 Å². The minimum Gasteiger partial charge on any atom is -0.379 e. The maximum absolute atomic E-state index is 12.1. The SMILES string of the molecule is O=C1CCCN1c1ccc(NCc2cc(=O)n3ccccc3n2)cc1. The van der Waals surface area contributed by atoms with Crippen molar-refractivity contribution in [3.05, 3.63) is 70.8 Å². The minimum atomic E-state index is -0.0923. The summed E-state index contributed by atoms with van der Waals surface area (Å²) in [6, 6.07) is 14.8. The first-order valence-corrected chi connectivity index (χ1v) is 8.32. The van der Waals surface area contributed by atoms with E-state index in [9.17, 15) is 9.59 Å². The lowest BCUT2D eigenvalue weighted by molar-refractivity contribution is -0.117. The van der Waals surface area contributed by atoms with Crippen molar-refractivity contribution in [1.29, 1.82) is 0 Å². The van der Waals surface area contributed by atoms with Gasteiger partial charge in [-0.05, 0) is 42.8 Å². The van der Waals surface area contributed by atoms with Crippen molar-refractivity contribution in [2.75, 3.05) is 16.8 Å². The van der Waals surface area contributed by atoms with Crippen LogP contribution in [-0.4, -0.2) is 21.8 Å². The zero-order valence-corrected chi connectivity index (χ0v) is 13.7. The topological polar surface area (TPSA) is 66.7 Å². The lowest BCUT2D eigenvalue weighted by Crippen LogP contribution is -2.23. The number of carbonyl (C=O) groups is 1. The molecule has 6 heteroatoms. The first-order valence-electron chi connectivity index (χ1n) is 8.32. The Balaban J connectivity index is 1.48. The van der Waals surface area contributed by atoms with Crippen molar-refractivity contribution in [3.63, 3.8) is 0 Å². The van der Waals surface area contributed by atoms with E-state index in [0.29, 0.717) is 24.3 Å². The number of nitrogens with one attached hydrogen (secondary N) is 1. The summed E-state index contributed by atoms with van der Waals surface area (Å²) in [4.78, 5) is 30.2. The van der Waals surface area contributed by atoms with Crippen molar-refractivity contribution in [2.24, 2.45) is 0 Å². The van der Waals surface area contributed by atoms with Gasteiger partial charge in [0.15, 0.2) is 0 Å². The summed E-state index contributed by atoms with van der Waals surface area (Å²) < 4.78 is 1.52. The quantitative estimate of drug-likeness (QED) is 0.796. The molecule has 0 saturated carbocycles. The highest BCUT2D eigenvalue weighted by Crippen LogP contribution is 2.23. The van der Waals surface area contributed by atoms with Crippen molar-refractivity contribution < 1.29 is 4.79 Å². The zero-order valence-electron chi connectivity index (χ0n) is 13.7. The Labute approximate surface area is 144 Å². The molecule has 25 heavy (non-hydrogen) atoms. The fourth-order valence-corrected chi connectivity index (χ4v) is 3.07. The van der Waals surface area contributed by atoms with E-state index in [2.05, 4.69) is 10.3 Å². The number of nitrogens with zero attached hydrogens (tertiary/aromatic N) is 3. The van der Waals surface area contributed by atoms with Crippen molar-refractivity contribution in [2.45, 2.75) is 19.4 Å². The highest BCUT2D eigenvalue weighted by molar-refractivity contribution is 5.95. The molecule has 1 N–H and O–H groups in total. The number of amides is 1. The van der Waals surface area contributed by atoms with Gasteiger partial charge in [-0.3, -0.25) is 14.0 Å². The average Bonchev–Trinajstić information content (AvgIpc) is 3.06. The van der Waals surface area contributed by atoms with Crippen LogP contribution in [0.3, 0.4) is 0 Å². The van der Waals surface area contributed by atoms with Crippen LogP contribution in [0.5, 0.6) is 0 Å². The largest absolute Gasteiger partial charge is 0.379 e. The van der Waals surface area contributed by atoms with E-state index in [1.54, 1.807) is 12.3 Å². The molecule has 1 aliphatic heterocycles. The summed E-state index contributed by atoms with van der Waals surface area (Å²) in [7, 11) is 0. The molecule has 0 radical (unpaired) electrons. The molecule has 1 fully saturated rings. The second kappa shape index (κ2) is 6.39. The lowest BCUT2D eigenvalue weighted by atomic mass is 10.2. The number of aromatic nitrogens is 2. The highest BCUT2D eigenvalue weighted by atomic mass is 16.2. The number of hydrogen-bond acceptors (Lipinski definition) is 4. The molecule has 2 aromatic heterocycles.